The minimum atomic E-state index is -5.49. The number of hydrogen-bond donors (Lipinski definition) is 2. The van der Waals surface area contributed by atoms with Gasteiger partial charge in [-0.25, -0.2) is 4.79 Å². The first-order valence-corrected chi connectivity index (χ1v) is 6.02. The molecule has 0 aliphatic rings. The van der Waals surface area contributed by atoms with Crippen LogP contribution in [0.25, 0.3) is 0 Å². The largest absolute Gasteiger partial charge is 0.477 e. The van der Waals surface area contributed by atoms with Crippen LogP contribution in [0.4, 0.5) is 23.2 Å². The SMILES string of the molecule is CCCc1ccc(NC(=O)C(F)(F)C(F)(F)C(=O)O)cc1. The molecule has 1 amide bonds. The van der Waals surface area contributed by atoms with Crippen LogP contribution in [0.3, 0.4) is 0 Å². The molecule has 8 heteroatoms. The van der Waals surface area contributed by atoms with Crippen molar-refractivity contribution >= 4 is 17.6 Å². The number of carbonyl (C=O) groups is 2. The highest BCUT2D eigenvalue weighted by molar-refractivity contribution is 6.00. The van der Waals surface area contributed by atoms with Crippen molar-refractivity contribution < 1.29 is 32.3 Å². The van der Waals surface area contributed by atoms with Gasteiger partial charge in [0.05, 0.1) is 0 Å². The summed E-state index contributed by atoms with van der Waals surface area (Å²) in [6.07, 6.45) is 1.59. The zero-order valence-electron chi connectivity index (χ0n) is 11.0. The van der Waals surface area contributed by atoms with E-state index in [1.807, 2.05) is 6.92 Å². The number of hydrogen-bond acceptors (Lipinski definition) is 2. The number of carboxylic acids is 1. The molecule has 0 saturated heterocycles. The Bertz CT molecular complexity index is 529. The Kier molecular flexibility index (Phi) is 4.93. The van der Waals surface area contributed by atoms with E-state index in [0.717, 1.165) is 18.4 Å². The molecule has 21 heavy (non-hydrogen) atoms. The number of carboxylic acid groups (broad SMARTS) is 1. The predicted molar refractivity (Wildman–Crippen MR) is 66.6 cm³/mol. The first-order chi connectivity index (χ1) is 9.62. The lowest BCUT2D eigenvalue weighted by Gasteiger charge is -2.21. The fourth-order valence-corrected chi connectivity index (χ4v) is 1.53. The minimum Gasteiger partial charge on any atom is -0.477 e. The molecule has 0 aliphatic carbocycles. The molecule has 2 N–H and O–H groups in total. The van der Waals surface area contributed by atoms with Crippen LogP contribution < -0.4 is 5.32 Å². The van der Waals surface area contributed by atoms with Gasteiger partial charge in [0.1, 0.15) is 0 Å². The van der Waals surface area contributed by atoms with Gasteiger partial charge in [0.2, 0.25) is 0 Å². The van der Waals surface area contributed by atoms with Crippen LogP contribution in [0.1, 0.15) is 18.9 Å². The summed E-state index contributed by atoms with van der Waals surface area (Å²) in [5.41, 5.74) is 0.763. The van der Waals surface area contributed by atoms with E-state index >= 15 is 0 Å². The molecule has 1 aromatic rings. The van der Waals surface area contributed by atoms with E-state index in [4.69, 9.17) is 5.11 Å². The molecule has 0 bridgehead atoms. The van der Waals surface area contributed by atoms with Gasteiger partial charge in [-0.05, 0) is 24.1 Å². The quantitative estimate of drug-likeness (QED) is 0.794. The molecule has 1 aromatic carbocycles. The van der Waals surface area contributed by atoms with E-state index in [1.54, 1.807) is 17.4 Å². The molecule has 0 radical (unpaired) electrons. The lowest BCUT2D eigenvalue weighted by atomic mass is 10.1. The van der Waals surface area contributed by atoms with Gasteiger partial charge in [-0.2, -0.15) is 17.6 Å². The van der Waals surface area contributed by atoms with E-state index < -0.39 is 23.7 Å². The first kappa shape index (κ1) is 16.9. The van der Waals surface area contributed by atoms with Gasteiger partial charge in [-0.3, -0.25) is 4.79 Å². The number of benzene rings is 1. The Morgan fingerprint density at radius 1 is 1.10 bits per heavy atom. The number of rotatable bonds is 6. The minimum absolute atomic E-state index is 0.124. The van der Waals surface area contributed by atoms with E-state index in [2.05, 4.69) is 0 Å². The second-order valence-electron chi connectivity index (χ2n) is 4.35. The van der Waals surface area contributed by atoms with Crippen molar-refractivity contribution in [3.8, 4) is 0 Å². The monoisotopic (exact) mass is 307 g/mol. The highest BCUT2D eigenvalue weighted by Gasteiger charge is 2.67. The number of carbonyl (C=O) groups excluding carboxylic acids is 1. The third-order valence-electron chi connectivity index (χ3n) is 2.70. The molecule has 0 aliphatic heterocycles. The average molecular weight is 307 g/mol. The Labute approximate surface area is 117 Å². The summed E-state index contributed by atoms with van der Waals surface area (Å²) in [4.78, 5) is 21.3. The van der Waals surface area contributed by atoms with Gasteiger partial charge in [-0.15, -0.1) is 0 Å². The standard InChI is InChI=1S/C13H13F4NO3/c1-2-3-8-4-6-9(7-5-8)18-10(19)12(14,15)13(16,17)11(20)21/h4-7H,2-3H2,1H3,(H,18,19)(H,20,21). The molecule has 4 nitrogen and oxygen atoms in total. The van der Waals surface area contributed by atoms with E-state index in [1.165, 1.54) is 12.1 Å². The van der Waals surface area contributed by atoms with Crippen molar-refractivity contribution in [2.75, 3.05) is 5.32 Å². The molecule has 0 heterocycles. The molecule has 0 fully saturated rings. The van der Waals surface area contributed by atoms with Crippen LogP contribution in [0.5, 0.6) is 0 Å². The van der Waals surface area contributed by atoms with Crippen LogP contribution in [0, 0.1) is 0 Å². The Morgan fingerprint density at radius 2 is 1.62 bits per heavy atom. The number of anilines is 1. The molecule has 116 valence electrons. The highest BCUT2D eigenvalue weighted by atomic mass is 19.3. The van der Waals surface area contributed by atoms with Gasteiger partial charge in [0, 0.05) is 5.69 Å². The lowest BCUT2D eigenvalue weighted by Crippen LogP contribution is -2.54. The van der Waals surface area contributed by atoms with E-state index in [0.29, 0.717) is 0 Å². The summed E-state index contributed by atoms with van der Waals surface area (Å²) < 4.78 is 52.0. The summed E-state index contributed by atoms with van der Waals surface area (Å²) >= 11 is 0. The number of aliphatic carboxylic acids is 1. The van der Waals surface area contributed by atoms with Crippen molar-refractivity contribution in [1.29, 1.82) is 0 Å². The molecule has 0 atom stereocenters. The fraction of sp³-hybridized carbons (Fsp3) is 0.385. The van der Waals surface area contributed by atoms with Crippen molar-refractivity contribution in [2.45, 2.75) is 31.6 Å². The smallest absolute Gasteiger partial charge is 0.413 e. The van der Waals surface area contributed by atoms with Crippen LogP contribution in [-0.2, 0) is 16.0 Å². The normalized spacial score (nSPS) is 12.0. The second-order valence-corrected chi connectivity index (χ2v) is 4.35. The zero-order valence-corrected chi connectivity index (χ0v) is 11.0. The van der Waals surface area contributed by atoms with Crippen molar-refractivity contribution in [3.05, 3.63) is 29.8 Å². The van der Waals surface area contributed by atoms with Crippen LogP contribution in [0.15, 0.2) is 24.3 Å². The number of nitrogens with one attached hydrogen (secondary N) is 1. The lowest BCUT2D eigenvalue weighted by molar-refractivity contribution is -0.219. The van der Waals surface area contributed by atoms with Gasteiger partial charge < -0.3 is 10.4 Å². The van der Waals surface area contributed by atoms with Gasteiger partial charge in [-0.1, -0.05) is 25.5 Å². The third kappa shape index (κ3) is 3.50. The molecule has 0 spiro atoms. The van der Waals surface area contributed by atoms with E-state index in [9.17, 15) is 27.2 Å². The topological polar surface area (TPSA) is 66.4 Å². The molecule has 1 rings (SSSR count). The number of amides is 1. The molecular weight excluding hydrogens is 294 g/mol. The molecule has 0 unspecified atom stereocenters. The predicted octanol–water partition coefficient (Wildman–Crippen LogP) is 2.93. The number of alkyl halides is 4. The molecular formula is C13H13F4NO3. The van der Waals surface area contributed by atoms with Crippen molar-refractivity contribution in [2.24, 2.45) is 0 Å². The summed E-state index contributed by atoms with van der Waals surface area (Å²) in [6.45, 7) is 1.93. The average Bonchev–Trinajstić information content (AvgIpc) is 2.40. The van der Waals surface area contributed by atoms with Crippen LogP contribution in [-0.4, -0.2) is 28.8 Å². The summed E-state index contributed by atoms with van der Waals surface area (Å²) in [6, 6.07) is 5.65. The molecule has 0 aromatic heterocycles. The Hall–Kier alpha value is -2.12. The maximum Gasteiger partial charge on any atom is 0.413 e. The fourth-order valence-electron chi connectivity index (χ4n) is 1.53. The van der Waals surface area contributed by atoms with Gasteiger partial charge >= 0.3 is 23.7 Å². The first-order valence-electron chi connectivity index (χ1n) is 6.02. The van der Waals surface area contributed by atoms with Gasteiger partial charge in [0.25, 0.3) is 0 Å². The van der Waals surface area contributed by atoms with E-state index in [-0.39, 0.29) is 5.69 Å². The Balaban J connectivity index is 2.87. The summed E-state index contributed by atoms with van der Waals surface area (Å²) in [7, 11) is 0. The summed E-state index contributed by atoms with van der Waals surface area (Å²) in [5.74, 6) is -16.3. The maximum atomic E-state index is 13.2. The maximum absolute atomic E-state index is 13.2. The number of halogens is 4. The van der Waals surface area contributed by atoms with Crippen molar-refractivity contribution in [3.63, 3.8) is 0 Å². The van der Waals surface area contributed by atoms with Crippen LogP contribution >= 0.6 is 0 Å². The third-order valence-corrected chi connectivity index (χ3v) is 2.70. The van der Waals surface area contributed by atoms with Crippen LogP contribution in [0.2, 0.25) is 0 Å². The summed E-state index contributed by atoms with van der Waals surface area (Å²) in [5, 5.41) is 9.66. The van der Waals surface area contributed by atoms with Gasteiger partial charge in [0.15, 0.2) is 0 Å². The molecule has 0 saturated carbocycles. The Morgan fingerprint density at radius 3 is 2.05 bits per heavy atom. The number of aryl methyl sites for hydroxylation is 1. The zero-order chi connectivity index (χ0) is 16.3. The second kappa shape index (κ2) is 6.11. The van der Waals surface area contributed by atoms with Crippen molar-refractivity contribution in [1.82, 2.24) is 0 Å². The highest BCUT2D eigenvalue weighted by Crippen LogP contribution is 2.35.